The summed E-state index contributed by atoms with van der Waals surface area (Å²) in [6.45, 7) is 0. The van der Waals surface area contributed by atoms with Crippen molar-refractivity contribution in [3.8, 4) is 0 Å². The molecule has 0 aliphatic heterocycles. The van der Waals surface area contributed by atoms with Crippen LogP contribution in [0.25, 0.3) is 0 Å². The van der Waals surface area contributed by atoms with Gasteiger partial charge in [0.2, 0.25) is 0 Å². The van der Waals surface area contributed by atoms with Gasteiger partial charge in [0.15, 0.2) is 0 Å². The quantitative estimate of drug-likeness (QED) is 0.326. The van der Waals surface area contributed by atoms with Gasteiger partial charge in [-0.3, -0.25) is 0 Å². The van der Waals surface area contributed by atoms with Gasteiger partial charge in [0.1, 0.15) is 0 Å². The fourth-order valence-corrected chi connectivity index (χ4v) is 0. The Balaban J connectivity index is -0.0000000150. The third kappa shape index (κ3) is 1750. The molecule has 0 amide bonds. The van der Waals surface area contributed by atoms with Crippen LogP contribution in [0.5, 0.6) is 0 Å². The Labute approximate surface area is 53.8 Å². The van der Waals surface area contributed by atoms with Crippen LogP contribution in [-0.4, -0.2) is 5.09 Å². The first kappa shape index (κ1) is 29.3. The monoisotopic (exact) mass is 202 g/mol. The fourth-order valence-electron chi connectivity index (χ4n) is 0. The molecule has 0 rings (SSSR count). The first-order valence-corrected chi connectivity index (χ1v) is 0.548. The van der Waals surface area contributed by atoms with Crippen LogP contribution in [0, 0.1) is 15.3 Å². The van der Waals surface area contributed by atoms with Crippen LogP contribution in [0.15, 0.2) is 0 Å². The second-order valence-corrected chi connectivity index (χ2v) is 0.224. The van der Waals surface area contributed by atoms with Gasteiger partial charge in [-0.25, -0.2) is 0 Å². The van der Waals surface area contributed by atoms with Crippen molar-refractivity contribution in [3.05, 3.63) is 15.3 Å². The Bertz CT molecular complexity index is 33.2. The molecule has 0 radical (unpaired) electrons. The van der Waals surface area contributed by atoms with Crippen molar-refractivity contribution in [1.29, 1.82) is 0 Å². The number of nitrogens with zero attached hydrogens (tertiary/aromatic N) is 1. The van der Waals surface area contributed by atoms with E-state index in [1.54, 1.807) is 0 Å². The normalized spacial score (nSPS) is 3.43. The predicted molar refractivity (Wildman–Crippen MR) is 20.4 cm³/mol. The van der Waals surface area contributed by atoms with Crippen molar-refractivity contribution >= 4 is 0 Å². The molecule has 0 aliphatic carbocycles. The van der Waals surface area contributed by atoms with E-state index < -0.39 is 5.09 Å². The van der Waals surface area contributed by atoms with E-state index in [1.165, 1.54) is 0 Å². The molecule has 0 bridgehead atoms. The predicted octanol–water partition coefficient (Wildman–Crippen LogP) is 0.0824. The molecule has 48 valence electrons. The summed E-state index contributed by atoms with van der Waals surface area (Å²) >= 11 is 0. The van der Waals surface area contributed by atoms with Gasteiger partial charge < -0.3 is 27.6 Å². The van der Waals surface area contributed by atoms with Gasteiger partial charge in [0.25, 0.3) is 0 Å². The van der Waals surface area contributed by atoms with Gasteiger partial charge in [-0.05, 0) is 0 Å². The number of rotatable bonds is 0. The minimum absolute atomic E-state index is 0. The molecule has 6 nitrogen and oxygen atoms in total. The molecule has 6 N–H and O–H groups in total. The van der Waals surface area contributed by atoms with E-state index in [1.807, 2.05) is 0 Å². The van der Waals surface area contributed by atoms with Crippen molar-refractivity contribution in [3.63, 3.8) is 0 Å². The zero-order chi connectivity index (χ0) is 3.58. The van der Waals surface area contributed by atoms with Crippen LogP contribution >= 0.6 is 0 Å². The molecule has 0 saturated heterocycles. The molecular weight excluding hydrogens is 196 g/mol. The van der Waals surface area contributed by atoms with E-state index in [0.717, 1.165) is 0 Å². The zero-order valence-corrected chi connectivity index (χ0v) is 4.96. The van der Waals surface area contributed by atoms with Gasteiger partial charge in [0, 0.05) is 0 Å². The SMILES string of the molecule is N.N.O=[N+]([O-])[O-].[Pd+2]. The maximum Gasteiger partial charge on any atom is 2.00 e. The standard InChI is InChI=1S/NO3.2H3N.Pd/c2-1(3)4;;;/h;2*1H3;/q-1;;;+2. The summed E-state index contributed by atoms with van der Waals surface area (Å²) in [4.78, 5) is 8.25. The first-order valence-electron chi connectivity index (χ1n) is 0.548. The topological polar surface area (TPSA) is 136 Å². The summed E-state index contributed by atoms with van der Waals surface area (Å²) in [6, 6.07) is 0. The first-order chi connectivity index (χ1) is 1.73. The van der Waals surface area contributed by atoms with Crippen LogP contribution in [0.2, 0.25) is 0 Å². The summed E-state index contributed by atoms with van der Waals surface area (Å²) in [7, 11) is 0. The van der Waals surface area contributed by atoms with Crippen molar-refractivity contribution in [1.82, 2.24) is 12.3 Å². The molecule has 0 atom stereocenters. The van der Waals surface area contributed by atoms with Crippen LogP contribution in [-0.2, 0) is 20.4 Å². The molecule has 7 heavy (non-hydrogen) atoms. The van der Waals surface area contributed by atoms with E-state index in [-0.39, 0.29) is 32.7 Å². The molecule has 0 fully saturated rings. The summed E-state index contributed by atoms with van der Waals surface area (Å²) < 4.78 is 0. The van der Waals surface area contributed by atoms with E-state index in [2.05, 4.69) is 0 Å². The second kappa shape index (κ2) is 17.1. The Kier molecular flexibility index (Phi) is 71.5. The molecule has 0 aromatic carbocycles. The number of hydrogen-bond acceptors (Lipinski definition) is 5. The van der Waals surface area contributed by atoms with Crippen molar-refractivity contribution in [2.75, 3.05) is 0 Å². The second-order valence-electron chi connectivity index (χ2n) is 0.224. The van der Waals surface area contributed by atoms with Gasteiger partial charge in [-0.2, -0.15) is 0 Å². The summed E-state index contributed by atoms with van der Waals surface area (Å²) in [5, 5.41) is 14.8. The molecule has 0 aromatic rings. The van der Waals surface area contributed by atoms with Gasteiger partial charge in [0.05, 0.1) is 5.09 Å². The Hall–Kier alpha value is -0.218. The van der Waals surface area contributed by atoms with Crippen molar-refractivity contribution in [2.24, 2.45) is 0 Å². The molecule has 0 saturated carbocycles. The molecule has 0 aromatic heterocycles. The molecular formula is H6N3O3Pd+. The third-order valence-corrected chi connectivity index (χ3v) is 0. The van der Waals surface area contributed by atoms with Crippen molar-refractivity contribution < 1.29 is 25.5 Å². The molecule has 0 unspecified atom stereocenters. The maximum atomic E-state index is 8.25. The third-order valence-electron chi connectivity index (χ3n) is 0. The molecule has 7 heteroatoms. The van der Waals surface area contributed by atoms with Gasteiger partial charge >= 0.3 is 20.4 Å². The summed E-state index contributed by atoms with van der Waals surface area (Å²) in [5.74, 6) is 0. The Morgan fingerprint density at radius 1 is 1.14 bits per heavy atom. The average Bonchev–Trinajstić information content (AvgIpc) is 0.811. The molecule has 0 spiro atoms. The number of hydrogen-bond donors (Lipinski definition) is 2. The van der Waals surface area contributed by atoms with Crippen molar-refractivity contribution in [2.45, 2.75) is 0 Å². The van der Waals surface area contributed by atoms with Crippen LogP contribution in [0.4, 0.5) is 0 Å². The van der Waals surface area contributed by atoms with E-state index in [9.17, 15) is 0 Å². The summed E-state index contributed by atoms with van der Waals surface area (Å²) in [6.07, 6.45) is 0. The van der Waals surface area contributed by atoms with Gasteiger partial charge in [-0.15, -0.1) is 0 Å². The van der Waals surface area contributed by atoms with E-state index >= 15 is 0 Å². The molecule has 0 heterocycles. The zero-order valence-electron chi connectivity index (χ0n) is 3.40. The average molecular weight is 202 g/mol. The Morgan fingerprint density at radius 3 is 1.14 bits per heavy atom. The van der Waals surface area contributed by atoms with E-state index in [4.69, 9.17) is 15.3 Å². The van der Waals surface area contributed by atoms with Crippen LogP contribution in [0.3, 0.4) is 0 Å². The minimum atomic E-state index is -1.75. The fraction of sp³-hybridized carbons (Fsp3) is 0. The van der Waals surface area contributed by atoms with E-state index in [0.29, 0.717) is 0 Å². The largest absolute Gasteiger partial charge is 2.00 e. The maximum absolute atomic E-state index is 8.25. The smallest absolute Gasteiger partial charge is 0.356 e. The van der Waals surface area contributed by atoms with Crippen LogP contribution in [0.1, 0.15) is 0 Å². The Morgan fingerprint density at radius 2 is 1.14 bits per heavy atom. The van der Waals surface area contributed by atoms with Crippen LogP contribution < -0.4 is 12.3 Å². The summed E-state index contributed by atoms with van der Waals surface area (Å²) in [5.41, 5.74) is 0. The van der Waals surface area contributed by atoms with Gasteiger partial charge in [-0.1, -0.05) is 0 Å². The molecule has 0 aliphatic rings. The minimum Gasteiger partial charge on any atom is -0.356 e.